The predicted octanol–water partition coefficient (Wildman–Crippen LogP) is 17.2. The summed E-state index contributed by atoms with van der Waals surface area (Å²) in [6, 6.07) is -0.594. The molecule has 0 spiro atoms. The number of rotatable bonds is 48. The molecule has 0 saturated carbocycles. The van der Waals surface area contributed by atoms with E-state index in [-0.39, 0.29) is 18.9 Å². The number of hydrogen-bond donors (Lipinski definition) is 3. The number of aliphatic hydroxyl groups is 2. The van der Waals surface area contributed by atoms with Crippen molar-refractivity contribution in [3.8, 4) is 0 Å². The lowest BCUT2D eigenvalue weighted by atomic mass is 10.0. The van der Waals surface area contributed by atoms with Crippen LogP contribution in [0.3, 0.4) is 0 Å². The van der Waals surface area contributed by atoms with Crippen LogP contribution in [0.25, 0.3) is 0 Å². The SMILES string of the molecule is CC/C=C\C/C=C\C/C=C\C/C=C\C/C=C\CC(=O)NC(CO)C(O)CCCCCCCCCCCCCCCCCCCCCCCCCCCCCCCCCCC. The number of carbonyl (C=O) groups is 1. The van der Waals surface area contributed by atoms with Crippen LogP contribution in [0.5, 0.6) is 0 Å². The maximum absolute atomic E-state index is 12.4. The van der Waals surface area contributed by atoms with Gasteiger partial charge in [-0.25, -0.2) is 0 Å². The van der Waals surface area contributed by atoms with Crippen molar-refractivity contribution in [2.45, 2.75) is 283 Å². The van der Waals surface area contributed by atoms with E-state index in [1.807, 2.05) is 12.2 Å². The Morgan fingerprint density at radius 3 is 0.950 bits per heavy atom. The van der Waals surface area contributed by atoms with Gasteiger partial charge in [-0.05, 0) is 38.5 Å². The van der Waals surface area contributed by atoms with Crippen molar-refractivity contribution < 1.29 is 15.0 Å². The number of unbranched alkanes of at least 4 members (excludes halogenated alkanes) is 32. The van der Waals surface area contributed by atoms with Gasteiger partial charge < -0.3 is 15.5 Å². The third-order valence-electron chi connectivity index (χ3n) is 12.1. The lowest BCUT2D eigenvalue weighted by Gasteiger charge is -2.22. The minimum absolute atomic E-state index is 0.157. The third kappa shape index (κ3) is 47.1. The number of hydrogen-bond acceptors (Lipinski definition) is 3. The van der Waals surface area contributed by atoms with Crippen molar-refractivity contribution in [3.05, 3.63) is 60.8 Å². The summed E-state index contributed by atoms with van der Waals surface area (Å²) in [5.41, 5.74) is 0. The molecule has 0 aromatic heterocycles. The van der Waals surface area contributed by atoms with Crippen molar-refractivity contribution in [3.63, 3.8) is 0 Å². The average Bonchev–Trinajstić information content (AvgIpc) is 3.25. The summed E-state index contributed by atoms with van der Waals surface area (Å²) in [6.07, 6.45) is 72.4. The fourth-order valence-electron chi connectivity index (χ4n) is 8.08. The molecule has 60 heavy (non-hydrogen) atoms. The maximum atomic E-state index is 12.4. The van der Waals surface area contributed by atoms with Crippen molar-refractivity contribution in [1.82, 2.24) is 5.32 Å². The fourth-order valence-corrected chi connectivity index (χ4v) is 8.08. The molecular weight excluding hydrogens is 735 g/mol. The first-order valence-electron chi connectivity index (χ1n) is 26.5. The zero-order chi connectivity index (χ0) is 43.5. The zero-order valence-electron chi connectivity index (χ0n) is 40.2. The molecular formula is C56H103NO3. The van der Waals surface area contributed by atoms with Crippen molar-refractivity contribution in [2.75, 3.05) is 6.61 Å². The molecule has 0 radical (unpaired) electrons. The molecule has 350 valence electrons. The van der Waals surface area contributed by atoms with Gasteiger partial charge in [0.2, 0.25) is 5.91 Å². The molecule has 0 aliphatic carbocycles. The average molecular weight is 838 g/mol. The second-order valence-electron chi connectivity index (χ2n) is 17.9. The van der Waals surface area contributed by atoms with Crippen LogP contribution in [0, 0.1) is 0 Å². The van der Waals surface area contributed by atoms with E-state index in [0.717, 1.165) is 44.9 Å². The lowest BCUT2D eigenvalue weighted by molar-refractivity contribution is -0.122. The van der Waals surface area contributed by atoms with Gasteiger partial charge in [0.25, 0.3) is 0 Å². The smallest absolute Gasteiger partial charge is 0.224 e. The minimum Gasteiger partial charge on any atom is -0.394 e. The summed E-state index contributed by atoms with van der Waals surface area (Å²) >= 11 is 0. The highest BCUT2D eigenvalue weighted by atomic mass is 16.3. The largest absolute Gasteiger partial charge is 0.394 e. The highest BCUT2D eigenvalue weighted by molar-refractivity contribution is 5.77. The molecule has 1 amide bonds. The van der Waals surface area contributed by atoms with Gasteiger partial charge in [0.15, 0.2) is 0 Å². The summed E-state index contributed by atoms with van der Waals surface area (Å²) < 4.78 is 0. The first-order chi connectivity index (χ1) is 29.7. The van der Waals surface area contributed by atoms with E-state index < -0.39 is 12.1 Å². The lowest BCUT2D eigenvalue weighted by Crippen LogP contribution is -2.45. The molecule has 0 aliphatic rings. The monoisotopic (exact) mass is 838 g/mol. The second kappa shape index (κ2) is 51.4. The zero-order valence-corrected chi connectivity index (χ0v) is 40.2. The number of nitrogens with one attached hydrogen (secondary N) is 1. The fraction of sp³-hybridized carbons (Fsp3) is 0.804. The molecule has 0 aliphatic heterocycles. The van der Waals surface area contributed by atoms with Gasteiger partial charge in [-0.3, -0.25) is 4.79 Å². The molecule has 3 N–H and O–H groups in total. The summed E-state index contributed by atoms with van der Waals surface area (Å²) in [7, 11) is 0. The topological polar surface area (TPSA) is 69.6 Å². The molecule has 2 atom stereocenters. The molecule has 2 unspecified atom stereocenters. The van der Waals surface area contributed by atoms with E-state index in [2.05, 4.69) is 67.8 Å². The summed E-state index contributed by atoms with van der Waals surface area (Å²) in [6.45, 7) is 4.21. The summed E-state index contributed by atoms with van der Waals surface area (Å²) in [5, 5.41) is 23.1. The maximum Gasteiger partial charge on any atom is 0.224 e. The Labute approximate surface area is 375 Å². The number of amides is 1. The first kappa shape index (κ1) is 58.1. The summed E-state index contributed by atoms with van der Waals surface area (Å²) in [5.74, 6) is -0.157. The van der Waals surface area contributed by atoms with E-state index in [0.29, 0.717) is 6.42 Å². The number of allylic oxidation sites excluding steroid dienone is 9. The van der Waals surface area contributed by atoms with Crippen LogP contribution in [0.15, 0.2) is 60.8 Å². The predicted molar refractivity (Wildman–Crippen MR) is 267 cm³/mol. The third-order valence-corrected chi connectivity index (χ3v) is 12.1. The molecule has 0 heterocycles. The molecule has 0 bridgehead atoms. The Hall–Kier alpha value is -1.91. The molecule has 0 saturated heterocycles. The summed E-state index contributed by atoms with van der Waals surface area (Å²) in [4.78, 5) is 12.4. The molecule has 0 fully saturated rings. The van der Waals surface area contributed by atoms with Gasteiger partial charge >= 0.3 is 0 Å². The number of aliphatic hydroxyl groups excluding tert-OH is 2. The van der Waals surface area contributed by atoms with Crippen LogP contribution in [-0.2, 0) is 4.79 Å². The molecule has 4 nitrogen and oxygen atoms in total. The highest BCUT2D eigenvalue weighted by Gasteiger charge is 2.19. The van der Waals surface area contributed by atoms with Gasteiger partial charge in [-0.1, -0.05) is 286 Å². The first-order valence-corrected chi connectivity index (χ1v) is 26.5. The van der Waals surface area contributed by atoms with Crippen molar-refractivity contribution >= 4 is 5.91 Å². The Morgan fingerprint density at radius 1 is 0.400 bits per heavy atom. The van der Waals surface area contributed by atoms with E-state index in [1.165, 1.54) is 199 Å². The van der Waals surface area contributed by atoms with Gasteiger partial charge in [-0.15, -0.1) is 0 Å². The van der Waals surface area contributed by atoms with Crippen LogP contribution >= 0.6 is 0 Å². The van der Waals surface area contributed by atoms with Crippen LogP contribution in [0.4, 0.5) is 0 Å². The second-order valence-corrected chi connectivity index (χ2v) is 17.9. The van der Waals surface area contributed by atoms with Gasteiger partial charge in [0, 0.05) is 6.42 Å². The van der Waals surface area contributed by atoms with Gasteiger partial charge in [0.05, 0.1) is 18.8 Å². The van der Waals surface area contributed by atoms with Crippen LogP contribution in [0.2, 0.25) is 0 Å². The van der Waals surface area contributed by atoms with Crippen LogP contribution in [-0.4, -0.2) is 34.9 Å². The molecule has 4 heteroatoms. The standard InChI is InChI=1S/C56H103NO3/c1-3-5-7-9-11-13-15-17-19-20-21-22-23-24-25-26-27-28-29-30-31-32-33-34-35-36-38-39-41-43-45-47-49-51-55(59)54(53-58)57-56(60)52-50-48-46-44-42-40-37-18-16-14-12-10-8-6-4-2/h6,8,12,14,18,37,42,44,48,50,54-55,58-59H,3-5,7,9-11,13,15-17,19-36,38-41,43,45-47,49,51-53H2,1-2H3,(H,57,60)/b8-6-,14-12-,37-18-,44-42-,50-48-. The van der Waals surface area contributed by atoms with Crippen molar-refractivity contribution in [2.24, 2.45) is 0 Å². The van der Waals surface area contributed by atoms with E-state index in [1.54, 1.807) is 0 Å². The molecule has 0 rings (SSSR count). The molecule has 0 aromatic carbocycles. The number of carbonyl (C=O) groups excluding carboxylic acids is 1. The Bertz CT molecular complexity index is 996. The Morgan fingerprint density at radius 2 is 0.667 bits per heavy atom. The van der Waals surface area contributed by atoms with E-state index >= 15 is 0 Å². The van der Waals surface area contributed by atoms with Crippen LogP contribution < -0.4 is 5.32 Å². The molecule has 0 aromatic rings. The van der Waals surface area contributed by atoms with Gasteiger partial charge in [0.1, 0.15) is 0 Å². The van der Waals surface area contributed by atoms with Crippen molar-refractivity contribution in [1.29, 1.82) is 0 Å². The Kier molecular flexibility index (Phi) is 49.8. The van der Waals surface area contributed by atoms with E-state index in [9.17, 15) is 15.0 Å². The highest BCUT2D eigenvalue weighted by Crippen LogP contribution is 2.17. The van der Waals surface area contributed by atoms with Gasteiger partial charge in [-0.2, -0.15) is 0 Å². The van der Waals surface area contributed by atoms with E-state index in [4.69, 9.17) is 0 Å². The van der Waals surface area contributed by atoms with Crippen LogP contribution in [0.1, 0.15) is 271 Å². The minimum atomic E-state index is -0.703. The quantitative estimate of drug-likeness (QED) is 0.0422. The normalized spacial score (nSPS) is 13.3. The Balaban J connectivity index is 3.46.